The number of aromatic nitrogens is 4. The monoisotopic (exact) mass is 483 g/mol. The number of aryl methyl sites for hydroxylation is 1. The smallest absolute Gasteiger partial charge is 0.236 e. The summed E-state index contributed by atoms with van der Waals surface area (Å²) < 4.78 is 8.12. The van der Waals surface area contributed by atoms with Crippen molar-refractivity contribution in [2.75, 3.05) is 39.3 Å². The van der Waals surface area contributed by atoms with E-state index in [1.165, 1.54) is 12.0 Å². The molecule has 35 heavy (non-hydrogen) atoms. The highest BCUT2D eigenvalue weighted by molar-refractivity contribution is 5.78. The van der Waals surface area contributed by atoms with Crippen LogP contribution >= 0.6 is 0 Å². The lowest BCUT2D eigenvalue weighted by molar-refractivity contribution is -0.133. The molecule has 0 N–H and O–H groups in total. The SMILES string of the molecule is CCn1cc(CN2CCC3(CC2)CC(c2nnc(C(C)C)o2)N(CC(=O)N2CCCCC2)C3)cn1. The molecule has 0 aliphatic carbocycles. The molecule has 5 heterocycles. The van der Waals surface area contributed by atoms with Crippen LogP contribution in [0.1, 0.15) is 88.6 Å². The molecule has 3 fully saturated rings. The summed E-state index contributed by atoms with van der Waals surface area (Å²) in [6, 6.07) is 0.0260. The first kappa shape index (κ1) is 24.4. The number of carbonyl (C=O) groups is 1. The number of nitrogens with zero attached hydrogens (tertiary/aromatic N) is 7. The summed E-state index contributed by atoms with van der Waals surface area (Å²) in [5.41, 5.74) is 1.48. The van der Waals surface area contributed by atoms with Gasteiger partial charge in [-0.15, -0.1) is 10.2 Å². The zero-order valence-electron chi connectivity index (χ0n) is 21.7. The molecule has 0 saturated carbocycles. The Hall–Kier alpha value is -2.26. The van der Waals surface area contributed by atoms with Gasteiger partial charge < -0.3 is 9.32 Å². The molecule has 1 amide bonds. The van der Waals surface area contributed by atoms with Crippen LogP contribution in [0.3, 0.4) is 0 Å². The van der Waals surface area contributed by atoms with Crippen LogP contribution in [-0.2, 0) is 17.9 Å². The van der Waals surface area contributed by atoms with Gasteiger partial charge in [-0.25, -0.2) is 0 Å². The first-order chi connectivity index (χ1) is 16.9. The average molecular weight is 484 g/mol. The van der Waals surface area contributed by atoms with Crippen molar-refractivity contribution in [3.63, 3.8) is 0 Å². The Morgan fingerprint density at radius 2 is 1.91 bits per heavy atom. The van der Waals surface area contributed by atoms with Crippen LogP contribution in [0.5, 0.6) is 0 Å². The molecule has 1 unspecified atom stereocenters. The highest BCUT2D eigenvalue weighted by atomic mass is 16.4. The van der Waals surface area contributed by atoms with Crippen LogP contribution in [0.15, 0.2) is 16.8 Å². The number of hydrogen-bond donors (Lipinski definition) is 0. The lowest BCUT2D eigenvalue weighted by atomic mass is 9.76. The summed E-state index contributed by atoms with van der Waals surface area (Å²) in [4.78, 5) is 20.1. The molecule has 0 bridgehead atoms. The Morgan fingerprint density at radius 1 is 1.14 bits per heavy atom. The molecule has 3 aliphatic rings. The highest BCUT2D eigenvalue weighted by Crippen LogP contribution is 2.49. The zero-order chi connectivity index (χ0) is 24.4. The van der Waals surface area contributed by atoms with Gasteiger partial charge in [0.15, 0.2) is 0 Å². The number of carbonyl (C=O) groups excluding carboxylic acids is 1. The maximum absolute atomic E-state index is 13.2. The second-order valence-corrected chi connectivity index (χ2v) is 11.2. The number of amides is 1. The molecule has 0 radical (unpaired) electrons. The molecule has 3 saturated heterocycles. The van der Waals surface area contributed by atoms with E-state index >= 15 is 0 Å². The lowest BCUT2D eigenvalue weighted by Gasteiger charge is -2.39. The van der Waals surface area contributed by atoms with E-state index in [2.05, 4.69) is 57.0 Å². The third-order valence-electron chi connectivity index (χ3n) is 8.22. The van der Waals surface area contributed by atoms with Crippen molar-refractivity contribution in [3.05, 3.63) is 29.7 Å². The first-order valence-electron chi connectivity index (χ1n) is 13.5. The number of rotatable bonds is 7. The standard InChI is InChI=1S/C26H41N7O2/c1-4-33-17-21(15-27-33)16-30-12-8-26(9-13-30)14-22(25-29-28-24(35-25)20(2)3)32(19-26)18-23(34)31-10-6-5-7-11-31/h15,17,20,22H,4-14,16,18-19H2,1-3H3. The summed E-state index contributed by atoms with van der Waals surface area (Å²) in [6.07, 6.45) is 10.9. The van der Waals surface area contributed by atoms with E-state index in [0.717, 1.165) is 77.9 Å². The van der Waals surface area contributed by atoms with Crippen molar-refractivity contribution in [3.8, 4) is 0 Å². The summed E-state index contributed by atoms with van der Waals surface area (Å²) in [7, 11) is 0. The van der Waals surface area contributed by atoms with Gasteiger partial charge in [-0.05, 0) is 64.0 Å². The van der Waals surface area contributed by atoms with E-state index in [1.54, 1.807) is 0 Å². The minimum atomic E-state index is 0.0260. The van der Waals surface area contributed by atoms with E-state index in [4.69, 9.17) is 4.42 Å². The van der Waals surface area contributed by atoms with Crippen molar-refractivity contribution >= 4 is 5.91 Å². The zero-order valence-corrected chi connectivity index (χ0v) is 21.7. The Morgan fingerprint density at radius 3 is 2.57 bits per heavy atom. The average Bonchev–Trinajstić information content (AvgIpc) is 3.60. The van der Waals surface area contributed by atoms with E-state index in [9.17, 15) is 4.79 Å². The first-order valence-corrected chi connectivity index (χ1v) is 13.5. The minimum absolute atomic E-state index is 0.0260. The molecule has 9 nitrogen and oxygen atoms in total. The topological polar surface area (TPSA) is 83.5 Å². The summed E-state index contributed by atoms with van der Waals surface area (Å²) in [5.74, 6) is 1.83. The van der Waals surface area contributed by atoms with Crippen LogP contribution < -0.4 is 0 Å². The van der Waals surface area contributed by atoms with Gasteiger partial charge in [0.2, 0.25) is 17.7 Å². The van der Waals surface area contributed by atoms with Crippen molar-refractivity contribution in [2.24, 2.45) is 5.41 Å². The Bertz CT molecular complexity index is 985. The van der Waals surface area contributed by atoms with Crippen molar-refractivity contribution in [1.29, 1.82) is 0 Å². The molecule has 2 aromatic heterocycles. The minimum Gasteiger partial charge on any atom is -0.423 e. The van der Waals surface area contributed by atoms with E-state index in [-0.39, 0.29) is 23.3 Å². The van der Waals surface area contributed by atoms with Gasteiger partial charge in [-0.2, -0.15) is 5.10 Å². The summed E-state index contributed by atoms with van der Waals surface area (Å²) in [5, 5.41) is 13.2. The summed E-state index contributed by atoms with van der Waals surface area (Å²) >= 11 is 0. The maximum atomic E-state index is 13.2. The molecular weight excluding hydrogens is 442 g/mol. The van der Waals surface area contributed by atoms with Gasteiger partial charge in [0.25, 0.3) is 0 Å². The van der Waals surface area contributed by atoms with E-state index < -0.39 is 0 Å². The molecule has 2 aromatic rings. The number of piperidine rings is 2. The molecule has 1 atom stereocenters. The normalized spacial score (nSPS) is 23.5. The van der Waals surface area contributed by atoms with Crippen molar-refractivity contribution in [1.82, 2.24) is 34.7 Å². The maximum Gasteiger partial charge on any atom is 0.236 e. The van der Waals surface area contributed by atoms with Gasteiger partial charge in [-0.3, -0.25) is 19.3 Å². The quantitative estimate of drug-likeness (QED) is 0.596. The predicted molar refractivity (Wildman–Crippen MR) is 133 cm³/mol. The molecule has 1 spiro atoms. The van der Waals surface area contributed by atoms with Crippen molar-refractivity contribution < 1.29 is 9.21 Å². The van der Waals surface area contributed by atoms with Gasteiger partial charge in [0.05, 0.1) is 18.8 Å². The Balaban J connectivity index is 1.27. The Kier molecular flexibility index (Phi) is 7.25. The molecule has 3 aliphatic heterocycles. The predicted octanol–water partition coefficient (Wildman–Crippen LogP) is 3.45. The van der Waals surface area contributed by atoms with Crippen molar-refractivity contribution in [2.45, 2.75) is 84.3 Å². The molecule has 192 valence electrons. The van der Waals surface area contributed by atoms with Crippen LogP contribution in [0, 0.1) is 5.41 Å². The van der Waals surface area contributed by atoms with Crippen LogP contribution in [0.4, 0.5) is 0 Å². The fourth-order valence-electron chi connectivity index (χ4n) is 6.05. The van der Waals surface area contributed by atoms with Gasteiger partial charge >= 0.3 is 0 Å². The van der Waals surface area contributed by atoms with Gasteiger partial charge in [0.1, 0.15) is 0 Å². The van der Waals surface area contributed by atoms with E-state index in [1.807, 2.05) is 10.9 Å². The Labute approximate surface area is 208 Å². The van der Waals surface area contributed by atoms with E-state index in [0.29, 0.717) is 18.3 Å². The third kappa shape index (κ3) is 5.45. The second kappa shape index (κ2) is 10.4. The summed E-state index contributed by atoms with van der Waals surface area (Å²) in [6.45, 7) is 13.4. The lowest BCUT2D eigenvalue weighted by Crippen LogP contribution is -2.44. The third-order valence-corrected chi connectivity index (χ3v) is 8.22. The molecular formula is C26H41N7O2. The van der Waals surface area contributed by atoms with Gasteiger partial charge in [-0.1, -0.05) is 13.8 Å². The fourth-order valence-corrected chi connectivity index (χ4v) is 6.05. The highest BCUT2D eigenvalue weighted by Gasteiger charge is 2.48. The molecule has 0 aromatic carbocycles. The molecule has 5 rings (SSSR count). The second-order valence-electron chi connectivity index (χ2n) is 11.2. The molecule has 9 heteroatoms. The van der Waals surface area contributed by atoms with Crippen LogP contribution in [-0.4, -0.2) is 79.9 Å². The van der Waals surface area contributed by atoms with Gasteiger partial charge in [0, 0.05) is 50.4 Å². The van der Waals surface area contributed by atoms with Crippen LogP contribution in [0.2, 0.25) is 0 Å². The van der Waals surface area contributed by atoms with Crippen LogP contribution in [0.25, 0.3) is 0 Å². The number of likely N-dealkylation sites (tertiary alicyclic amines) is 3. The number of hydrogen-bond acceptors (Lipinski definition) is 7. The largest absolute Gasteiger partial charge is 0.423 e. The fraction of sp³-hybridized carbons (Fsp3) is 0.769.